The van der Waals surface area contributed by atoms with Gasteiger partial charge in [0.05, 0.1) is 6.54 Å². The zero-order valence-electron chi connectivity index (χ0n) is 12.9. The van der Waals surface area contributed by atoms with E-state index in [-0.39, 0.29) is 5.91 Å². The summed E-state index contributed by atoms with van der Waals surface area (Å²) in [5.74, 6) is 0.198. The van der Waals surface area contributed by atoms with E-state index >= 15 is 0 Å². The summed E-state index contributed by atoms with van der Waals surface area (Å²) in [6, 6.07) is 10.1. The van der Waals surface area contributed by atoms with E-state index in [4.69, 9.17) is 0 Å². The molecule has 1 N–H and O–H groups in total. The molecule has 0 aliphatic carbocycles. The first kappa shape index (κ1) is 16.7. The van der Waals surface area contributed by atoms with Crippen molar-refractivity contribution < 1.29 is 4.79 Å². The summed E-state index contributed by atoms with van der Waals surface area (Å²) in [5, 5.41) is 3.12. The fraction of sp³-hybridized carbons (Fsp3) is 0.562. The van der Waals surface area contributed by atoms with E-state index in [1.165, 1.54) is 5.56 Å². The number of likely N-dealkylation sites (N-methyl/N-ethyl adjacent to an activating group) is 2. The second-order valence-corrected chi connectivity index (χ2v) is 5.09. The van der Waals surface area contributed by atoms with Crippen molar-refractivity contribution in [2.45, 2.75) is 19.9 Å². The van der Waals surface area contributed by atoms with Crippen LogP contribution in [0.3, 0.4) is 0 Å². The number of carbonyl (C=O) groups excluding carboxylic acids is 1. The summed E-state index contributed by atoms with van der Waals surface area (Å²) in [4.78, 5) is 16.3. The number of nitrogens with one attached hydrogen (secondary N) is 1. The zero-order chi connectivity index (χ0) is 14.8. The van der Waals surface area contributed by atoms with E-state index in [0.717, 1.165) is 26.1 Å². The van der Waals surface area contributed by atoms with Gasteiger partial charge in [-0.3, -0.25) is 9.69 Å². The van der Waals surface area contributed by atoms with Crippen LogP contribution in [-0.4, -0.2) is 56.0 Å². The quantitative estimate of drug-likeness (QED) is 0.696. The van der Waals surface area contributed by atoms with Crippen molar-refractivity contribution in [1.82, 2.24) is 15.1 Å². The predicted molar refractivity (Wildman–Crippen MR) is 83.6 cm³/mol. The van der Waals surface area contributed by atoms with Crippen LogP contribution in [0.5, 0.6) is 0 Å². The van der Waals surface area contributed by atoms with Gasteiger partial charge in [-0.2, -0.15) is 0 Å². The molecule has 0 atom stereocenters. The molecular formula is C16H27N3O. The fourth-order valence-electron chi connectivity index (χ4n) is 2.12. The molecule has 1 aromatic carbocycles. The number of carbonyl (C=O) groups is 1. The van der Waals surface area contributed by atoms with Crippen molar-refractivity contribution in [3.05, 3.63) is 35.9 Å². The van der Waals surface area contributed by atoms with Crippen molar-refractivity contribution in [2.75, 3.05) is 40.3 Å². The van der Waals surface area contributed by atoms with Crippen LogP contribution in [0, 0.1) is 0 Å². The van der Waals surface area contributed by atoms with Crippen LogP contribution in [0.1, 0.15) is 18.9 Å². The Bertz CT molecular complexity index is 381. The Labute approximate surface area is 122 Å². The number of rotatable bonds is 9. The Morgan fingerprint density at radius 3 is 2.55 bits per heavy atom. The Hall–Kier alpha value is -1.39. The lowest BCUT2D eigenvalue weighted by atomic mass is 10.2. The van der Waals surface area contributed by atoms with Gasteiger partial charge in [0.25, 0.3) is 0 Å². The maximum Gasteiger partial charge on any atom is 0.237 e. The molecule has 0 saturated heterocycles. The SMILES string of the molecule is CCN(Cc1ccccc1)C(=O)CN(C)CCCNC. The van der Waals surface area contributed by atoms with Gasteiger partial charge in [0.15, 0.2) is 0 Å². The highest BCUT2D eigenvalue weighted by Gasteiger charge is 2.14. The maximum atomic E-state index is 12.3. The number of amides is 1. The minimum atomic E-state index is 0.198. The smallest absolute Gasteiger partial charge is 0.237 e. The molecule has 0 aliphatic heterocycles. The average molecular weight is 277 g/mol. The summed E-state index contributed by atoms with van der Waals surface area (Å²) in [7, 11) is 3.95. The van der Waals surface area contributed by atoms with Crippen LogP contribution in [0.15, 0.2) is 30.3 Å². The van der Waals surface area contributed by atoms with Gasteiger partial charge in [-0.1, -0.05) is 30.3 Å². The van der Waals surface area contributed by atoms with E-state index in [1.54, 1.807) is 0 Å². The van der Waals surface area contributed by atoms with Crippen LogP contribution in [0.25, 0.3) is 0 Å². The third kappa shape index (κ3) is 6.17. The van der Waals surface area contributed by atoms with Crippen molar-refractivity contribution in [3.8, 4) is 0 Å². The number of nitrogens with zero attached hydrogens (tertiary/aromatic N) is 2. The van der Waals surface area contributed by atoms with Crippen molar-refractivity contribution in [1.29, 1.82) is 0 Å². The van der Waals surface area contributed by atoms with E-state index in [0.29, 0.717) is 13.1 Å². The lowest BCUT2D eigenvalue weighted by molar-refractivity contribution is -0.132. The summed E-state index contributed by atoms with van der Waals surface area (Å²) in [6.45, 7) is 5.89. The third-order valence-electron chi connectivity index (χ3n) is 3.32. The lowest BCUT2D eigenvalue weighted by Crippen LogP contribution is -2.39. The van der Waals surface area contributed by atoms with Crippen LogP contribution in [-0.2, 0) is 11.3 Å². The van der Waals surface area contributed by atoms with Gasteiger partial charge in [0, 0.05) is 13.1 Å². The first-order valence-corrected chi connectivity index (χ1v) is 7.32. The highest BCUT2D eigenvalue weighted by atomic mass is 16.2. The zero-order valence-corrected chi connectivity index (χ0v) is 12.9. The van der Waals surface area contributed by atoms with E-state index in [9.17, 15) is 4.79 Å². The molecule has 0 heterocycles. The van der Waals surface area contributed by atoms with Gasteiger partial charge in [0.2, 0.25) is 5.91 Å². The minimum absolute atomic E-state index is 0.198. The Balaban J connectivity index is 2.42. The van der Waals surface area contributed by atoms with Crippen molar-refractivity contribution in [3.63, 3.8) is 0 Å². The van der Waals surface area contributed by atoms with E-state index in [2.05, 4.69) is 22.3 Å². The number of hydrogen-bond donors (Lipinski definition) is 1. The lowest BCUT2D eigenvalue weighted by Gasteiger charge is -2.24. The first-order valence-electron chi connectivity index (χ1n) is 7.32. The Morgan fingerprint density at radius 1 is 1.25 bits per heavy atom. The van der Waals surface area contributed by atoms with Gasteiger partial charge >= 0.3 is 0 Å². The van der Waals surface area contributed by atoms with Gasteiger partial charge in [-0.25, -0.2) is 0 Å². The largest absolute Gasteiger partial charge is 0.338 e. The summed E-state index contributed by atoms with van der Waals surface area (Å²) in [5.41, 5.74) is 1.18. The molecule has 0 fully saturated rings. The van der Waals surface area contributed by atoms with Gasteiger partial charge in [-0.05, 0) is 46.1 Å². The molecule has 0 aromatic heterocycles. The maximum absolute atomic E-state index is 12.3. The normalized spacial score (nSPS) is 10.8. The second-order valence-electron chi connectivity index (χ2n) is 5.09. The van der Waals surface area contributed by atoms with Gasteiger partial charge in [0.1, 0.15) is 0 Å². The standard InChI is InChI=1S/C16H27N3O/c1-4-19(13-15-9-6-5-7-10-15)16(20)14-18(3)12-8-11-17-2/h5-7,9-10,17H,4,8,11-14H2,1-3H3. The molecule has 0 saturated carbocycles. The Kier molecular flexibility index (Phi) is 7.92. The van der Waals surface area contributed by atoms with E-state index in [1.807, 2.05) is 44.1 Å². The Morgan fingerprint density at radius 2 is 1.95 bits per heavy atom. The monoisotopic (exact) mass is 277 g/mol. The number of benzene rings is 1. The minimum Gasteiger partial charge on any atom is -0.338 e. The molecule has 0 aliphatic rings. The highest BCUT2D eigenvalue weighted by Crippen LogP contribution is 2.05. The molecule has 0 radical (unpaired) electrons. The van der Waals surface area contributed by atoms with Gasteiger partial charge in [-0.15, -0.1) is 0 Å². The molecule has 1 amide bonds. The molecule has 112 valence electrons. The molecule has 4 nitrogen and oxygen atoms in total. The third-order valence-corrected chi connectivity index (χ3v) is 3.32. The van der Waals surface area contributed by atoms with Crippen molar-refractivity contribution >= 4 is 5.91 Å². The molecule has 0 unspecified atom stereocenters. The van der Waals surface area contributed by atoms with Crippen molar-refractivity contribution in [2.24, 2.45) is 0 Å². The predicted octanol–water partition coefficient (Wildman–Crippen LogP) is 1.58. The van der Waals surface area contributed by atoms with E-state index < -0.39 is 0 Å². The molecular weight excluding hydrogens is 250 g/mol. The van der Waals surface area contributed by atoms with Crippen LogP contribution in [0.2, 0.25) is 0 Å². The second kappa shape index (κ2) is 9.50. The molecule has 0 bridgehead atoms. The first-order chi connectivity index (χ1) is 9.67. The molecule has 4 heteroatoms. The molecule has 0 spiro atoms. The summed E-state index contributed by atoms with van der Waals surface area (Å²) in [6.07, 6.45) is 1.06. The summed E-state index contributed by atoms with van der Waals surface area (Å²) < 4.78 is 0. The fourth-order valence-corrected chi connectivity index (χ4v) is 2.12. The highest BCUT2D eigenvalue weighted by molar-refractivity contribution is 5.78. The van der Waals surface area contributed by atoms with Crippen LogP contribution in [0.4, 0.5) is 0 Å². The topological polar surface area (TPSA) is 35.6 Å². The van der Waals surface area contributed by atoms with Crippen LogP contribution < -0.4 is 5.32 Å². The van der Waals surface area contributed by atoms with Gasteiger partial charge < -0.3 is 10.2 Å². The number of hydrogen-bond acceptors (Lipinski definition) is 3. The average Bonchev–Trinajstić information content (AvgIpc) is 2.46. The molecule has 1 rings (SSSR count). The summed E-state index contributed by atoms with van der Waals surface area (Å²) >= 11 is 0. The molecule has 1 aromatic rings. The van der Waals surface area contributed by atoms with Crippen LogP contribution >= 0.6 is 0 Å². The molecule has 20 heavy (non-hydrogen) atoms.